The van der Waals surface area contributed by atoms with Crippen LogP contribution >= 0.6 is 0 Å². The number of urea groups is 1. The first-order chi connectivity index (χ1) is 15.2. The van der Waals surface area contributed by atoms with Gasteiger partial charge in [0, 0.05) is 11.8 Å². The lowest BCUT2D eigenvalue weighted by molar-refractivity contribution is -0.386. The number of nitro groups is 1. The van der Waals surface area contributed by atoms with Crippen molar-refractivity contribution >= 4 is 17.7 Å². The predicted octanol–water partition coefficient (Wildman–Crippen LogP) is 4.00. The van der Waals surface area contributed by atoms with Crippen molar-refractivity contribution in [1.29, 1.82) is 0 Å². The molecule has 0 aliphatic carbocycles. The fourth-order valence-electron chi connectivity index (χ4n) is 3.46. The van der Waals surface area contributed by atoms with Gasteiger partial charge < -0.3 is 24.8 Å². The number of nitro benzene ring substituents is 1. The Kier molecular flexibility index (Phi) is 8.86. The van der Waals surface area contributed by atoms with Gasteiger partial charge in [0.05, 0.1) is 36.9 Å². The number of ether oxygens (including phenoxy) is 3. The van der Waals surface area contributed by atoms with Gasteiger partial charge in [0.1, 0.15) is 0 Å². The maximum atomic E-state index is 12.8. The van der Waals surface area contributed by atoms with E-state index in [0.717, 1.165) is 19.3 Å². The van der Waals surface area contributed by atoms with Gasteiger partial charge in [-0.05, 0) is 30.9 Å². The third kappa shape index (κ3) is 5.68. The minimum absolute atomic E-state index is 0.0170. The van der Waals surface area contributed by atoms with Crippen molar-refractivity contribution in [1.82, 2.24) is 10.6 Å². The number of nitrogens with one attached hydrogen (secondary N) is 2. The van der Waals surface area contributed by atoms with E-state index in [4.69, 9.17) is 14.2 Å². The Bertz CT molecular complexity index is 896. The minimum Gasteiger partial charge on any atom is -0.493 e. The molecule has 1 heterocycles. The monoisotopic (exact) mass is 449 g/mol. The molecule has 10 heteroatoms. The van der Waals surface area contributed by atoms with Gasteiger partial charge in [-0.1, -0.05) is 33.6 Å². The molecule has 1 unspecified atom stereocenters. The number of allylic oxidation sites excluding steroid dienone is 1. The van der Waals surface area contributed by atoms with Crippen LogP contribution in [0.5, 0.6) is 11.5 Å². The van der Waals surface area contributed by atoms with Gasteiger partial charge in [-0.15, -0.1) is 0 Å². The molecule has 32 heavy (non-hydrogen) atoms. The van der Waals surface area contributed by atoms with Crippen LogP contribution < -0.4 is 20.1 Å². The highest BCUT2D eigenvalue weighted by Gasteiger charge is 2.36. The Morgan fingerprint density at radius 2 is 1.97 bits per heavy atom. The molecular weight excluding hydrogens is 418 g/mol. The summed E-state index contributed by atoms with van der Waals surface area (Å²) in [6.07, 6.45) is 2.66. The van der Waals surface area contributed by atoms with Crippen molar-refractivity contribution in [2.24, 2.45) is 5.92 Å². The van der Waals surface area contributed by atoms with Gasteiger partial charge in [0.15, 0.2) is 5.75 Å². The summed E-state index contributed by atoms with van der Waals surface area (Å²) in [5.74, 6) is -0.646. The number of carbonyl (C=O) groups excluding carboxylic acids is 2. The van der Waals surface area contributed by atoms with Gasteiger partial charge in [0.25, 0.3) is 0 Å². The Balaban J connectivity index is 2.61. The fraction of sp³-hybridized carbons (Fsp3) is 0.545. The lowest BCUT2D eigenvalue weighted by Crippen LogP contribution is -2.47. The molecule has 0 saturated heterocycles. The molecule has 0 spiro atoms. The summed E-state index contributed by atoms with van der Waals surface area (Å²) in [5, 5.41) is 17.2. The molecule has 10 nitrogen and oxygen atoms in total. The number of hydrogen-bond acceptors (Lipinski definition) is 7. The molecule has 0 fully saturated rings. The Morgan fingerprint density at radius 3 is 2.53 bits per heavy atom. The molecule has 1 aromatic carbocycles. The van der Waals surface area contributed by atoms with Crippen LogP contribution in [0.1, 0.15) is 58.6 Å². The maximum absolute atomic E-state index is 12.8. The number of rotatable bonds is 11. The maximum Gasteiger partial charge on any atom is 0.338 e. The molecule has 2 rings (SSSR count). The van der Waals surface area contributed by atoms with E-state index in [0.29, 0.717) is 17.9 Å². The molecule has 0 radical (unpaired) electrons. The van der Waals surface area contributed by atoms with Gasteiger partial charge >= 0.3 is 17.7 Å². The lowest BCUT2D eigenvalue weighted by Gasteiger charge is -2.31. The van der Waals surface area contributed by atoms with Crippen LogP contribution in [-0.4, -0.2) is 37.2 Å². The SMILES string of the molecule is CCCCCOc1c(OC)cc(C2NC(=O)NC(C(C)C)=C2C(=O)OCC)cc1[N+](=O)[O-]. The number of unbranched alkanes of at least 4 members (excludes halogenated alkanes) is 2. The molecule has 1 aromatic rings. The van der Waals surface area contributed by atoms with E-state index >= 15 is 0 Å². The zero-order chi connectivity index (χ0) is 23.8. The van der Waals surface area contributed by atoms with Gasteiger partial charge in [0.2, 0.25) is 5.75 Å². The summed E-state index contributed by atoms with van der Waals surface area (Å²) in [6.45, 7) is 7.82. The highest BCUT2D eigenvalue weighted by molar-refractivity contribution is 5.95. The van der Waals surface area contributed by atoms with Crippen molar-refractivity contribution < 1.29 is 28.7 Å². The van der Waals surface area contributed by atoms with Crippen LogP contribution in [0.15, 0.2) is 23.4 Å². The second-order valence-corrected chi connectivity index (χ2v) is 7.62. The first kappa shape index (κ1) is 25.0. The highest BCUT2D eigenvalue weighted by Crippen LogP contribution is 2.42. The number of benzene rings is 1. The van der Waals surface area contributed by atoms with Gasteiger partial charge in [-0.3, -0.25) is 10.1 Å². The fourth-order valence-corrected chi connectivity index (χ4v) is 3.46. The van der Waals surface area contributed by atoms with E-state index in [1.54, 1.807) is 6.92 Å². The average Bonchev–Trinajstić information content (AvgIpc) is 2.75. The van der Waals surface area contributed by atoms with Crippen LogP contribution in [0, 0.1) is 16.0 Å². The summed E-state index contributed by atoms with van der Waals surface area (Å²) >= 11 is 0. The summed E-state index contributed by atoms with van der Waals surface area (Å²) < 4.78 is 16.3. The van der Waals surface area contributed by atoms with Crippen LogP contribution in [-0.2, 0) is 9.53 Å². The standard InChI is InChI=1S/C22H31N3O7/c1-6-8-9-10-32-20-15(25(28)29)11-14(12-16(20)30-5)19-17(21(26)31-7-2)18(13(3)4)23-22(27)24-19/h11-13,19H,6-10H2,1-5H3,(H2,23,24,27). The second kappa shape index (κ2) is 11.4. The first-order valence-electron chi connectivity index (χ1n) is 10.7. The van der Waals surface area contributed by atoms with Crippen molar-refractivity contribution in [3.63, 3.8) is 0 Å². The van der Waals surface area contributed by atoms with E-state index in [1.165, 1.54) is 19.2 Å². The van der Waals surface area contributed by atoms with Crippen molar-refractivity contribution in [3.8, 4) is 11.5 Å². The Hall–Kier alpha value is -3.30. The van der Waals surface area contributed by atoms with E-state index in [1.807, 2.05) is 20.8 Å². The van der Waals surface area contributed by atoms with Crippen LogP contribution in [0.2, 0.25) is 0 Å². The Morgan fingerprint density at radius 1 is 1.25 bits per heavy atom. The summed E-state index contributed by atoms with van der Waals surface area (Å²) in [4.78, 5) is 36.4. The molecule has 2 N–H and O–H groups in total. The zero-order valence-corrected chi connectivity index (χ0v) is 19.1. The highest BCUT2D eigenvalue weighted by atomic mass is 16.6. The lowest BCUT2D eigenvalue weighted by atomic mass is 9.91. The summed E-state index contributed by atoms with van der Waals surface area (Å²) in [6, 6.07) is 1.36. The minimum atomic E-state index is -0.957. The third-order valence-electron chi connectivity index (χ3n) is 4.98. The largest absolute Gasteiger partial charge is 0.493 e. The summed E-state index contributed by atoms with van der Waals surface area (Å²) in [5.41, 5.74) is 0.594. The first-order valence-corrected chi connectivity index (χ1v) is 10.7. The predicted molar refractivity (Wildman–Crippen MR) is 118 cm³/mol. The second-order valence-electron chi connectivity index (χ2n) is 7.62. The number of methoxy groups -OCH3 is 1. The van der Waals surface area contributed by atoms with E-state index in [2.05, 4.69) is 10.6 Å². The van der Waals surface area contributed by atoms with E-state index < -0.39 is 23.0 Å². The smallest absolute Gasteiger partial charge is 0.338 e. The summed E-state index contributed by atoms with van der Waals surface area (Å²) in [7, 11) is 1.38. The van der Waals surface area contributed by atoms with Crippen LogP contribution in [0.25, 0.3) is 0 Å². The van der Waals surface area contributed by atoms with Crippen molar-refractivity contribution in [3.05, 3.63) is 39.1 Å². The normalized spacial score (nSPS) is 15.8. The van der Waals surface area contributed by atoms with Gasteiger partial charge in [-0.2, -0.15) is 0 Å². The van der Waals surface area contributed by atoms with E-state index in [9.17, 15) is 19.7 Å². The molecule has 176 valence electrons. The zero-order valence-electron chi connectivity index (χ0n) is 19.1. The molecule has 1 aliphatic rings. The topological polar surface area (TPSA) is 129 Å². The van der Waals surface area contributed by atoms with E-state index in [-0.39, 0.29) is 35.3 Å². The number of hydrogen-bond donors (Lipinski definition) is 2. The van der Waals surface area contributed by atoms with Crippen LogP contribution in [0.4, 0.5) is 10.5 Å². The van der Waals surface area contributed by atoms with Crippen molar-refractivity contribution in [2.45, 2.75) is 53.0 Å². The molecule has 1 atom stereocenters. The molecule has 0 aromatic heterocycles. The quantitative estimate of drug-likeness (QED) is 0.226. The third-order valence-corrected chi connectivity index (χ3v) is 4.98. The number of esters is 1. The molecule has 1 aliphatic heterocycles. The molecular formula is C22H31N3O7. The molecule has 0 saturated carbocycles. The molecule has 2 amide bonds. The Labute approximate surface area is 187 Å². The average molecular weight is 450 g/mol. The molecule has 0 bridgehead atoms. The number of carbonyl (C=O) groups is 2. The van der Waals surface area contributed by atoms with Crippen molar-refractivity contribution in [2.75, 3.05) is 20.3 Å². The van der Waals surface area contributed by atoms with Gasteiger partial charge in [-0.25, -0.2) is 9.59 Å². The van der Waals surface area contributed by atoms with Crippen LogP contribution in [0.3, 0.4) is 0 Å². The number of amides is 2. The number of nitrogens with zero attached hydrogens (tertiary/aromatic N) is 1.